The van der Waals surface area contributed by atoms with E-state index in [0.29, 0.717) is 15.6 Å². The summed E-state index contributed by atoms with van der Waals surface area (Å²) in [5, 5.41) is 0.570. The minimum atomic E-state index is -3.64. The molecule has 134 valence electrons. The highest BCUT2D eigenvalue weighted by molar-refractivity contribution is 7.92. The number of halogens is 1. The zero-order valence-electron chi connectivity index (χ0n) is 15.1. The maximum atomic E-state index is 12.8. The molecule has 1 aliphatic rings. The summed E-state index contributed by atoms with van der Waals surface area (Å²) in [6.07, 6.45) is 2.14. The Bertz CT molecular complexity index is 900. The third-order valence-electron chi connectivity index (χ3n) is 5.23. The van der Waals surface area contributed by atoms with Crippen molar-refractivity contribution in [3.63, 3.8) is 0 Å². The molecule has 0 amide bonds. The van der Waals surface area contributed by atoms with Gasteiger partial charge in [-0.25, -0.2) is 8.42 Å². The first-order valence-electron chi connectivity index (χ1n) is 8.45. The van der Waals surface area contributed by atoms with Crippen molar-refractivity contribution in [1.82, 2.24) is 0 Å². The van der Waals surface area contributed by atoms with E-state index in [1.165, 1.54) is 5.56 Å². The number of benzene rings is 2. The summed E-state index contributed by atoms with van der Waals surface area (Å²) >= 11 is 5.86. The quantitative estimate of drug-likeness (QED) is 0.768. The van der Waals surface area contributed by atoms with Gasteiger partial charge in [-0.05, 0) is 71.2 Å². The van der Waals surface area contributed by atoms with Crippen molar-refractivity contribution in [3.05, 3.63) is 58.6 Å². The number of hydrogen-bond donors (Lipinski definition) is 1. The monoisotopic (exact) mass is 377 g/mol. The minimum Gasteiger partial charge on any atom is -0.280 e. The van der Waals surface area contributed by atoms with Gasteiger partial charge in [-0.3, -0.25) is 4.72 Å². The van der Waals surface area contributed by atoms with E-state index in [4.69, 9.17) is 11.6 Å². The average Bonchev–Trinajstić information content (AvgIpc) is 2.54. The highest BCUT2D eigenvalue weighted by Crippen LogP contribution is 2.46. The molecule has 0 unspecified atom stereocenters. The topological polar surface area (TPSA) is 46.2 Å². The predicted molar refractivity (Wildman–Crippen MR) is 104 cm³/mol. The van der Waals surface area contributed by atoms with E-state index in [9.17, 15) is 8.42 Å². The second-order valence-electron chi connectivity index (χ2n) is 8.09. The standard InChI is InChI=1S/C20H24ClNO2S/c1-19(2)11-12-20(3,4)18-13-16(9-10-17(18)19)25(23,24)22-15-7-5-14(21)6-8-15/h5-10,13,22H,11-12H2,1-4H3. The first-order chi connectivity index (χ1) is 11.5. The van der Waals surface area contributed by atoms with Gasteiger partial charge in [0.05, 0.1) is 4.90 Å². The van der Waals surface area contributed by atoms with E-state index in [1.54, 1.807) is 30.3 Å². The SMILES string of the molecule is CC1(C)CCC(C)(C)c2cc(S(=O)(=O)Nc3ccc(Cl)cc3)ccc21. The number of fused-ring (bicyclic) bond motifs is 1. The van der Waals surface area contributed by atoms with E-state index in [2.05, 4.69) is 32.4 Å². The highest BCUT2D eigenvalue weighted by atomic mass is 35.5. The van der Waals surface area contributed by atoms with Crippen LogP contribution in [0.5, 0.6) is 0 Å². The molecule has 3 rings (SSSR count). The van der Waals surface area contributed by atoms with Crippen LogP contribution >= 0.6 is 11.6 Å². The lowest BCUT2D eigenvalue weighted by molar-refractivity contribution is 0.331. The molecule has 0 fully saturated rings. The maximum Gasteiger partial charge on any atom is 0.261 e. The Hall–Kier alpha value is -1.52. The number of anilines is 1. The van der Waals surface area contributed by atoms with Gasteiger partial charge in [0.15, 0.2) is 0 Å². The number of hydrogen-bond acceptors (Lipinski definition) is 2. The first-order valence-corrected chi connectivity index (χ1v) is 10.3. The van der Waals surface area contributed by atoms with E-state index in [1.807, 2.05) is 12.1 Å². The van der Waals surface area contributed by atoms with Gasteiger partial charge in [-0.1, -0.05) is 45.4 Å². The fraction of sp³-hybridized carbons (Fsp3) is 0.400. The van der Waals surface area contributed by atoms with Gasteiger partial charge in [0.2, 0.25) is 0 Å². The van der Waals surface area contributed by atoms with Crippen LogP contribution in [0.15, 0.2) is 47.4 Å². The summed E-state index contributed by atoms with van der Waals surface area (Å²) in [7, 11) is -3.64. The van der Waals surface area contributed by atoms with E-state index in [-0.39, 0.29) is 10.8 Å². The minimum absolute atomic E-state index is 0.0311. The number of sulfonamides is 1. The van der Waals surface area contributed by atoms with Crippen LogP contribution in [-0.2, 0) is 20.9 Å². The Labute approximate surface area is 155 Å². The largest absolute Gasteiger partial charge is 0.280 e. The van der Waals surface area contributed by atoms with E-state index in [0.717, 1.165) is 18.4 Å². The number of rotatable bonds is 3. The fourth-order valence-electron chi connectivity index (χ4n) is 3.47. The second-order valence-corrected chi connectivity index (χ2v) is 10.2. The third-order valence-corrected chi connectivity index (χ3v) is 6.86. The van der Waals surface area contributed by atoms with Crippen LogP contribution < -0.4 is 4.72 Å². The smallest absolute Gasteiger partial charge is 0.261 e. The van der Waals surface area contributed by atoms with Gasteiger partial charge in [-0.15, -0.1) is 0 Å². The normalized spacial score (nSPS) is 18.4. The van der Waals surface area contributed by atoms with Crippen molar-refractivity contribution in [2.45, 2.75) is 56.3 Å². The molecule has 0 saturated carbocycles. The van der Waals surface area contributed by atoms with Crippen LogP contribution in [0.4, 0.5) is 5.69 Å². The van der Waals surface area contributed by atoms with E-state index < -0.39 is 10.0 Å². The van der Waals surface area contributed by atoms with Gasteiger partial charge >= 0.3 is 0 Å². The van der Waals surface area contributed by atoms with E-state index >= 15 is 0 Å². The zero-order valence-corrected chi connectivity index (χ0v) is 16.6. The molecule has 0 aromatic heterocycles. The van der Waals surface area contributed by atoms with Gasteiger partial charge in [-0.2, -0.15) is 0 Å². The summed E-state index contributed by atoms with van der Waals surface area (Å²) in [4.78, 5) is 0.298. The molecule has 0 bridgehead atoms. The lowest BCUT2D eigenvalue weighted by Gasteiger charge is -2.42. The Morgan fingerprint density at radius 1 is 0.880 bits per heavy atom. The first kappa shape index (κ1) is 18.3. The maximum absolute atomic E-state index is 12.8. The molecule has 0 aliphatic heterocycles. The average molecular weight is 378 g/mol. The third kappa shape index (κ3) is 3.56. The fourth-order valence-corrected chi connectivity index (χ4v) is 4.68. The summed E-state index contributed by atoms with van der Waals surface area (Å²) in [5.74, 6) is 0. The molecular weight excluding hydrogens is 354 g/mol. The van der Waals surface area contributed by atoms with Crippen molar-refractivity contribution >= 4 is 27.3 Å². The molecule has 3 nitrogen and oxygen atoms in total. The molecule has 1 aliphatic carbocycles. The van der Waals surface area contributed by atoms with Crippen LogP contribution in [0.25, 0.3) is 0 Å². The van der Waals surface area contributed by atoms with Crippen LogP contribution in [-0.4, -0.2) is 8.42 Å². The molecule has 2 aromatic carbocycles. The van der Waals surface area contributed by atoms with Crippen LogP contribution in [0.1, 0.15) is 51.7 Å². The Morgan fingerprint density at radius 3 is 2.04 bits per heavy atom. The van der Waals surface area contributed by atoms with Gasteiger partial charge in [0.1, 0.15) is 0 Å². The zero-order chi connectivity index (χ0) is 18.5. The van der Waals surface area contributed by atoms with Gasteiger partial charge in [0.25, 0.3) is 10.0 Å². The lowest BCUT2D eigenvalue weighted by Crippen LogP contribution is -2.34. The van der Waals surface area contributed by atoms with Crippen LogP contribution in [0.2, 0.25) is 5.02 Å². The molecule has 0 saturated heterocycles. The van der Waals surface area contributed by atoms with Crippen LogP contribution in [0, 0.1) is 0 Å². The Balaban J connectivity index is 2.02. The van der Waals surface area contributed by atoms with Crippen molar-refractivity contribution in [2.24, 2.45) is 0 Å². The second kappa shape index (κ2) is 6.03. The van der Waals surface area contributed by atoms with Crippen molar-refractivity contribution in [1.29, 1.82) is 0 Å². The molecule has 2 aromatic rings. The summed E-state index contributed by atoms with van der Waals surface area (Å²) < 4.78 is 28.2. The molecule has 0 spiro atoms. The van der Waals surface area contributed by atoms with Gasteiger partial charge < -0.3 is 0 Å². The molecule has 5 heteroatoms. The van der Waals surface area contributed by atoms with Gasteiger partial charge in [0, 0.05) is 10.7 Å². The predicted octanol–water partition coefficient (Wildman–Crippen LogP) is 5.49. The van der Waals surface area contributed by atoms with Crippen molar-refractivity contribution in [2.75, 3.05) is 4.72 Å². The highest BCUT2D eigenvalue weighted by Gasteiger charge is 2.37. The molecule has 0 atom stereocenters. The number of nitrogens with one attached hydrogen (secondary N) is 1. The molecule has 0 heterocycles. The van der Waals surface area contributed by atoms with Crippen molar-refractivity contribution < 1.29 is 8.42 Å². The molecule has 1 N–H and O–H groups in total. The Morgan fingerprint density at radius 2 is 1.44 bits per heavy atom. The van der Waals surface area contributed by atoms with Crippen molar-refractivity contribution in [3.8, 4) is 0 Å². The molecule has 25 heavy (non-hydrogen) atoms. The molecular formula is C20H24ClNO2S. The summed E-state index contributed by atoms with van der Waals surface area (Å²) in [6.45, 7) is 8.82. The Kier molecular flexibility index (Phi) is 4.41. The summed E-state index contributed by atoms with van der Waals surface area (Å²) in [5.41, 5.74) is 2.91. The molecule has 0 radical (unpaired) electrons. The lowest BCUT2D eigenvalue weighted by atomic mass is 9.63. The van der Waals surface area contributed by atoms with Crippen LogP contribution in [0.3, 0.4) is 0 Å². The summed E-state index contributed by atoms with van der Waals surface area (Å²) in [6, 6.07) is 12.2.